The third-order valence-corrected chi connectivity index (χ3v) is 3.23. The first-order valence-corrected chi connectivity index (χ1v) is 5.80. The van der Waals surface area contributed by atoms with Crippen LogP contribution < -0.4 is 5.73 Å². The Balaban J connectivity index is 2.43. The second kappa shape index (κ2) is 4.26. The number of aryl methyl sites for hydroxylation is 1. The van der Waals surface area contributed by atoms with Gasteiger partial charge in [-0.2, -0.15) is 16.9 Å². The van der Waals surface area contributed by atoms with Gasteiger partial charge in [0.15, 0.2) is 0 Å². The Morgan fingerprint density at radius 3 is 2.57 bits per heavy atom. The van der Waals surface area contributed by atoms with Crippen molar-refractivity contribution in [3.8, 4) is 0 Å². The first-order chi connectivity index (χ1) is 6.40. The predicted octanol–water partition coefficient (Wildman–Crippen LogP) is 2.31. The van der Waals surface area contributed by atoms with Gasteiger partial charge in [0.1, 0.15) is 0 Å². The molecule has 1 aromatic rings. The number of hydrogen-bond donors (Lipinski definition) is 1. The Morgan fingerprint density at radius 2 is 2.14 bits per heavy atom. The van der Waals surface area contributed by atoms with E-state index in [2.05, 4.69) is 25.9 Å². The summed E-state index contributed by atoms with van der Waals surface area (Å²) in [6.45, 7) is 9.61. The lowest BCUT2D eigenvalue weighted by Crippen LogP contribution is -2.12. The molecule has 0 fully saturated rings. The SMILES string of the molecule is Cc1c(N)cnn1CCSC(C)(C)C. The van der Waals surface area contributed by atoms with Gasteiger partial charge in [0.2, 0.25) is 0 Å². The summed E-state index contributed by atoms with van der Waals surface area (Å²) in [5, 5.41) is 4.21. The van der Waals surface area contributed by atoms with Crippen LogP contribution in [-0.2, 0) is 6.54 Å². The number of hydrogen-bond acceptors (Lipinski definition) is 3. The van der Waals surface area contributed by atoms with Crippen molar-refractivity contribution in [1.82, 2.24) is 9.78 Å². The maximum Gasteiger partial charge on any atom is 0.0730 e. The highest BCUT2D eigenvalue weighted by Crippen LogP contribution is 2.23. The zero-order chi connectivity index (χ0) is 10.8. The molecule has 2 N–H and O–H groups in total. The molecular formula is C10H19N3S. The lowest BCUT2D eigenvalue weighted by Gasteiger charge is -2.17. The van der Waals surface area contributed by atoms with Gasteiger partial charge in [0.05, 0.1) is 24.1 Å². The van der Waals surface area contributed by atoms with Crippen LogP contribution in [0.2, 0.25) is 0 Å². The molecule has 0 aliphatic rings. The van der Waals surface area contributed by atoms with E-state index in [1.54, 1.807) is 6.20 Å². The highest BCUT2D eigenvalue weighted by atomic mass is 32.2. The number of rotatable bonds is 3. The summed E-state index contributed by atoms with van der Waals surface area (Å²) in [4.78, 5) is 0. The van der Waals surface area contributed by atoms with E-state index in [-0.39, 0.29) is 0 Å². The van der Waals surface area contributed by atoms with Crippen LogP contribution in [0.1, 0.15) is 26.5 Å². The molecule has 0 unspecified atom stereocenters. The molecule has 80 valence electrons. The fourth-order valence-corrected chi connectivity index (χ4v) is 2.00. The van der Waals surface area contributed by atoms with Crippen LogP contribution >= 0.6 is 11.8 Å². The molecule has 1 rings (SSSR count). The molecule has 0 amide bonds. The molecule has 0 bridgehead atoms. The monoisotopic (exact) mass is 213 g/mol. The van der Waals surface area contributed by atoms with E-state index in [9.17, 15) is 0 Å². The largest absolute Gasteiger partial charge is 0.396 e. The highest BCUT2D eigenvalue weighted by Gasteiger charge is 2.10. The number of nitrogens with zero attached hydrogens (tertiary/aromatic N) is 2. The molecule has 1 heterocycles. The maximum atomic E-state index is 5.71. The van der Waals surface area contributed by atoms with Gasteiger partial charge in [-0.1, -0.05) is 20.8 Å². The Hall–Kier alpha value is -0.640. The van der Waals surface area contributed by atoms with E-state index < -0.39 is 0 Å². The number of nitrogens with two attached hydrogens (primary N) is 1. The van der Waals surface area contributed by atoms with Crippen molar-refractivity contribution in [3.63, 3.8) is 0 Å². The fraction of sp³-hybridized carbons (Fsp3) is 0.700. The van der Waals surface area contributed by atoms with Crippen molar-refractivity contribution in [2.24, 2.45) is 0 Å². The molecule has 0 saturated heterocycles. The lowest BCUT2D eigenvalue weighted by atomic mass is 10.3. The number of anilines is 1. The summed E-state index contributed by atoms with van der Waals surface area (Å²) in [5.41, 5.74) is 7.56. The smallest absolute Gasteiger partial charge is 0.0730 e. The van der Waals surface area contributed by atoms with Gasteiger partial charge in [-0.15, -0.1) is 0 Å². The summed E-state index contributed by atoms with van der Waals surface area (Å²) in [6, 6.07) is 0. The number of aromatic nitrogens is 2. The predicted molar refractivity (Wildman–Crippen MR) is 63.6 cm³/mol. The summed E-state index contributed by atoms with van der Waals surface area (Å²) < 4.78 is 2.29. The minimum absolute atomic E-state index is 0.326. The van der Waals surface area contributed by atoms with Gasteiger partial charge in [-0.3, -0.25) is 4.68 Å². The van der Waals surface area contributed by atoms with Crippen molar-refractivity contribution in [2.45, 2.75) is 39.0 Å². The average Bonchev–Trinajstić information content (AvgIpc) is 2.33. The third-order valence-electron chi connectivity index (χ3n) is 1.98. The second-order valence-corrected chi connectivity index (χ2v) is 6.29. The van der Waals surface area contributed by atoms with Crippen molar-refractivity contribution < 1.29 is 0 Å². The molecule has 0 aromatic carbocycles. The second-order valence-electron chi connectivity index (χ2n) is 4.37. The molecule has 0 spiro atoms. The van der Waals surface area contributed by atoms with Crippen molar-refractivity contribution >= 4 is 17.4 Å². The molecule has 3 nitrogen and oxygen atoms in total. The summed E-state index contributed by atoms with van der Waals surface area (Å²) >= 11 is 1.94. The summed E-state index contributed by atoms with van der Waals surface area (Å²) in [6.07, 6.45) is 1.72. The number of thioether (sulfide) groups is 1. The molecule has 14 heavy (non-hydrogen) atoms. The molecule has 0 aliphatic carbocycles. The Kier molecular flexibility index (Phi) is 3.48. The van der Waals surface area contributed by atoms with Crippen LogP contribution in [0.5, 0.6) is 0 Å². The van der Waals surface area contributed by atoms with Gasteiger partial charge in [0, 0.05) is 10.5 Å². The third kappa shape index (κ3) is 3.25. The van der Waals surface area contributed by atoms with Gasteiger partial charge in [-0.05, 0) is 6.92 Å². The molecule has 4 heteroatoms. The van der Waals surface area contributed by atoms with E-state index >= 15 is 0 Å². The van der Waals surface area contributed by atoms with Crippen LogP contribution in [0.3, 0.4) is 0 Å². The van der Waals surface area contributed by atoms with Crippen molar-refractivity contribution in [1.29, 1.82) is 0 Å². The molecular weight excluding hydrogens is 194 g/mol. The van der Waals surface area contributed by atoms with Gasteiger partial charge >= 0.3 is 0 Å². The standard InChI is InChI=1S/C10H19N3S/c1-8-9(11)7-12-13(8)5-6-14-10(2,3)4/h7H,5-6,11H2,1-4H3. The van der Waals surface area contributed by atoms with Gasteiger partial charge in [0.25, 0.3) is 0 Å². The quantitative estimate of drug-likeness (QED) is 0.838. The van der Waals surface area contributed by atoms with Crippen molar-refractivity contribution in [2.75, 3.05) is 11.5 Å². The average molecular weight is 213 g/mol. The molecule has 0 saturated carbocycles. The van der Waals surface area contributed by atoms with Gasteiger partial charge < -0.3 is 5.73 Å². The lowest BCUT2D eigenvalue weighted by molar-refractivity contribution is 0.643. The normalized spacial score (nSPS) is 12.0. The zero-order valence-electron chi connectivity index (χ0n) is 9.37. The molecule has 0 aliphatic heterocycles. The van der Waals surface area contributed by atoms with Crippen LogP contribution in [-0.4, -0.2) is 20.3 Å². The van der Waals surface area contributed by atoms with E-state index in [1.165, 1.54) is 0 Å². The Morgan fingerprint density at radius 1 is 1.50 bits per heavy atom. The Bertz CT molecular complexity index is 299. The zero-order valence-corrected chi connectivity index (χ0v) is 10.2. The summed E-state index contributed by atoms with van der Waals surface area (Å²) in [5.74, 6) is 1.07. The minimum Gasteiger partial charge on any atom is -0.396 e. The van der Waals surface area contributed by atoms with Crippen LogP contribution in [0, 0.1) is 6.92 Å². The molecule has 0 atom stereocenters. The minimum atomic E-state index is 0.326. The van der Waals surface area contributed by atoms with E-state index in [1.807, 2.05) is 23.4 Å². The first kappa shape index (κ1) is 11.4. The maximum absolute atomic E-state index is 5.71. The van der Waals surface area contributed by atoms with Crippen LogP contribution in [0.25, 0.3) is 0 Å². The molecule has 0 radical (unpaired) electrons. The highest BCUT2D eigenvalue weighted by molar-refractivity contribution is 8.00. The first-order valence-electron chi connectivity index (χ1n) is 4.82. The van der Waals surface area contributed by atoms with Crippen LogP contribution in [0.15, 0.2) is 6.20 Å². The number of nitrogen functional groups attached to an aromatic ring is 1. The van der Waals surface area contributed by atoms with Crippen molar-refractivity contribution in [3.05, 3.63) is 11.9 Å². The van der Waals surface area contributed by atoms with Gasteiger partial charge in [-0.25, -0.2) is 0 Å². The fourth-order valence-electron chi connectivity index (χ4n) is 1.12. The summed E-state index contributed by atoms with van der Waals surface area (Å²) in [7, 11) is 0. The van der Waals surface area contributed by atoms with Crippen LogP contribution in [0.4, 0.5) is 5.69 Å². The van der Waals surface area contributed by atoms with E-state index in [4.69, 9.17) is 5.73 Å². The topological polar surface area (TPSA) is 43.8 Å². The molecule has 1 aromatic heterocycles. The van der Waals surface area contributed by atoms with E-state index in [0.717, 1.165) is 23.7 Å². The Labute approximate surface area is 90.1 Å². The van der Waals surface area contributed by atoms with E-state index in [0.29, 0.717) is 4.75 Å².